The van der Waals surface area contributed by atoms with Gasteiger partial charge in [-0.25, -0.2) is 0 Å². The van der Waals surface area contributed by atoms with Crippen LogP contribution in [0.15, 0.2) is 224 Å². The van der Waals surface area contributed by atoms with E-state index in [4.69, 9.17) is 0 Å². The summed E-state index contributed by atoms with van der Waals surface area (Å²) in [4.78, 5) is 0. The molecule has 9 aromatic carbocycles. The van der Waals surface area contributed by atoms with Crippen molar-refractivity contribution in [2.75, 3.05) is 0 Å². The molecule has 0 amide bonds. The Morgan fingerprint density at radius 3 is 1.15 bits per heavy atom. The lowest BCUT2D eigenvalue weighted by molar-refractivity contribution is 1.46. The predicted molar refractivity (Wildman–Crippen MR) is 265 cm³/mol. The summed E-state index contributed by atoms with van der Waals surface area (Å²) in [7, 11) is 0. The van der Waals surface area contributed by atoms with Crippen molar-refractivity contribution >= 4 is 58.4 Å². The van der Waals surface area contributed by atoms with Crippen molar-refractivity contribution in [2.24, 2.45) is 0 Å². The van der Waals surface area contributed by atoms with Crippen molar-refractivity contribution in [3.63, 3.8) is 0 Å². The Kier molecular flexibility index (Phi) is 11.7. The van der Waals surface area contributed by atoms with Crippen LogP contribution in [0.5, 0.6) is 0 Å². The minimum Gasteiger partial charge on any atom is -0.0622 e. The Morgan fingerprint density at radius 2 is 0.689 bits per heavy atom. The lowest BCUT2D eigenvalue weighted by Crippen LogP contribution is -1.91. The Bertz CT molecular complexity index is 2920. The molecule has 9 aromatic rings. The Labute approximate surface area is 360 Å². The van der Waals surface area contributed by atoms with Crippen LogP contribution in [0.3, 0.4) is 0 Å². The molecule has 0 spiro atoms. The van der Waals surface area contributed by atoms with Crippen molar-refractivity contribution in [1.82, 2.24) is 0 Å². The third kappa shape index (κ3) is 9.10. The van der Waals surface area contributed by atoms with E-state index < -0.39 is 0 Å². The third-order valence-electron chi connectivity index (χ3n) is 11.3. The predicted octanol–water partition coefficient (Wildman–Crippen LogP) is 16.3. The van der Waals surface area contributed by atoms with Gasteiger partial charge in [0, 0.05) is 0 Å². The summed E-state index contributed by atoms with van der Waals surface area (Å²) < 4.78 is 0. The van der Waals surface area contributed by atoms with Gasteiger partial charge in [0.2, 0.25) is 0 Å². The summed E-state index contributed by atoms with van der Waals surface area (Å²) in [5, 5.41) is 2.47. The van der Waals surface area contributed by atoms with Gasteiger partial charge in [-0.3, -0.25) is 0 Å². The van der Waals surface area contributed by atoms with Gasteiger partial charge in [0.15, 0.2) is 0 Å². The zero-order chi connectivity index (χ0) is 41.2. The van der Waals surface area contributed by atoms with Crippen LogP contribution >= 0.6 is 0 Å². The zero-order valence-corrected chi connectivity index (χ0v) is 34.3. The number of rotatable bonds is 11. The first-order valence-corrected chi connectivity index (χ1v) is 21.0. The molecule has 0 fully saturated rings. The quantitative estimate of drug-likeness (QED) is 0.115. The zero-order valence-electron chi connectivity index (χ0n) is 34.3. The lowest BCUT2D eigenvalue weighted by Gasteiger charge is -2.15. The van der Waals surface area contributed by atoms with E-state index in [-0.39, 0.29) is 0 Å². The van der Waals surface area contributed by atoms with E-state index in [1.54, 1.807) is 0 Å². The molecule has 61 heavy (non-hydrogen) atoms. The number of hydrogen-bond acceptors (Lipinski definition) is 0. The van der Waals surface area contributed by atoms with E-state index >= 15 is 0 Å². The fourth-order valence-corrected chi connectivity index (χ4v) is 8.08. The molecule has 0 aliphatic heterocycles. The largest absolute Gasteiger partial charge is 0.0622 e. The second-order valence-corrected chi connectivity index (χ2v) is 15.4. The molecule has 290 valence electrons. The smallest absolute Gasteiger partial charge is 0.00964 e. The molecular formula is C61H46. The fourth-order valence-electron chi connectivity index (χ4n) is 8.08. The van der Waals surface area contributed by atoms with Gasteiger partial charge in [0.1, 0.15) is 0 Å². The molecule has 0 nitrogen and oxygen atoms in total. The first-order valence-electron chi connectivity index (χ1n) is 21.0. The fraction of sp³-hybridized carbons (Fsp3) is 0.0164. The average molecular weight is 779 g/mol. The minimum atomic E-state index is 1.15. The van der Waals surface area contributed by atoms with E-state index in [2.05, 4.69) is 268 Å². The molecule has 0 unspecified atom stereocenters. The van der Waals surface area contributed by atoms with E-state index in [1.807, 2.05) is 0 Å². The van der Waals surface area contributed by atoms with Crippen molar-refractivity contribution in [1.29, 1.82) is 0 Å². The second-order valence-electron chi connectivity index (χ2n) is 15.4. The molecule has 0 aliphatic carbocycles. The molecule has 0 aromatic heterocycles. The first-order chi connectivity index (χ1) is 30.2. The van der Waals surface area contributed by atoms with Crippen LogP contribution in [0.4, 0.5) is 0 Å². The molecule has 0 bridgehead atoms. The van der Waals surface area contributed by atoms with Gasteiger partial charge in [-0.05, 0) is 119 Å². The van der Waals surface area contributed by atoms with Crippen LogP contribution < -0.4 is 0 Å². The molecule has 0 N–H and O–H groups in total. The van der Waals surface area contributed by atoms with E-state index in [0.717, 1.165) is 22.3 Å². The van der Waals surface area contributed by atoms with Gasteiger partial charge in [-0.1, -0.05) is 243 Å². The van der Waals surface area contributed by atoms with Gasteiger partial charge < -0.3 is 0 Å². The molecule has 0 atom stereocenters. The highest BCUT2D eigenvalue weighted by atomic mass is 14.2. The molecule has 9 rings (SSSR count). The maximum Gasteiger partial charge on any atom is -0.00964 e. The number of aryl methyl sites for hydroxylation is 1. The highest BCUT2D eigenvalue weighted by Crippen LogP contribution is 2.37. The van der Waals surface area contributed by atoms with Gasteiger partial charge in [-0.2, -0.15) is 0 Å². The van der Waals surface area contributed by atoms with E-state index in [1.165, 1.54) is 72.0 Å². The maximum atomic E-state index is 2.37. The summed E-state index contributed by atoms with van der Waals surface area (Å²) in [6, 6.07) is 80.1. The summed E-state index contributed by atoms with van der Waals surface area (Å²) in [5.74, 6) is 0. The molecule has 0 aliphatic rings. The van der Waals surface area contributed by atoms with E-state index in [9.17, 15) is 0 Å². The van der Waals surface area contributed by atoms with Crippen molar-refractivity contribution in [3.8, 4) is 11.1 Å². The summed E-state index contributed by atoms with van der Waals surface area (Å²) in [5.41, 5.74) is 17.9. The summed E-state index contributed by atoms with van der Waals surface area (Å²) >= 11 is 0. The third-order valence-corrected chi connectivity index (χ3v) is 11.3. The molecule has 0 heterocycles. The van der Waals surface area contributed by atoms with Crippen molar-refractivity contribution in [2.45, 2.75) is 6.92 Å². The number of hydrogen-bond donors (Lipinski definition) is 0. The van der Waals surface area contributed by atoms with Gasteiger partial charge >= 0.3 is 0 Å². The lowest BCUT2D eigenvalue weighted by atomic mass is 9.89. The standard InChI is InChI=1S/C61H46/c1-45-18-14-15-27-55(45)61-44-54(40-38-46-30-34-48(35-31-46)42-59(50-19-6-2-7-20-50)51-21-8-3-9-22-51)56(57-28-16-17-29-58(57)61)41-39-47-32-36-49(37-33-47)43-60(52-23-10-4-11-24-52)53-25-12-5-13-26-53/h2-44H,1H3/b40-38-,41-39-. The van der Waals surface area contributed by atoms with Crippen LogP contribution in [0, 0.1) is 6.92 Å². The highest BCUT2D eigenvalue weighted by molar-refractivity contribution is 6.05. The summed E-state index contributed by atoms with van der Waals surface area (Å²) in [6.07, 6.45) is 13.6. The van der Waals surface area contributed by atoms with Crippen LogP contribution in [0.2, 0.25) is 0 Å². The monoisotopic (exact) mass is 778 g/mol. The average Bonchev–Trinajstić information content (AvgIpc) is 3.33. The van der Waals surface area contributed by atoms with Crippen LogP contribution in [0.1, 0.15) is 61.2 Å². The number of benzene rings is 9. The normalized spacial score (nSPS) is 11.2. The second kappa shape index (κ2) is 18.4. The van der Waals surface area contributed by atoms with Crippen LogP contribution in [-0.4, -0.2) is 0 Å². The van der Waals surface area contributed by atoms with Crippen molar-refractivity contribution in [3.05, 3.63) is 286 Å². The SMILES string of the molecule is Cc1ccccc1-c1cc(/C=C\c2ccc(C=C(c3ccccc3)c3ccccc3)cc2)c(/C=C\c2ccc(C=C(c3ccccc3)c3ccccc3)cc2)c2ccccc12. The topological polar surface area (TPSA) is 0 Å². The van der Waals surface area contributed by atoms with Gasteiger partial charge in [0.05, 0.1) is 0 Å². The first kappa shape index (κ1) is 38.7. The Balaban J connectivity index is 1.07. The Hall–Kier alpha value is -7.80. The van der Waals surface area contributed by atoms with Crippen LogP contribution in [-0.2, 0) is 0 Å². The number of fused-ring (bicyclic) bond motifs is 1. The minimum absolute atomic E-state index is 1.15. The molecular weight excluding hydrogens is 733 g/mol. The van der Waals surface area contributed by atoms with Crippen molar-refractivity contribution < 1.29 is 0 Å². The maximum absolute atomic E-state index is 2.37. The molecule has 0 radical (unpaired) electrons. The van der Waals surface area contributed by atoms with Gasteiger partial charge in [-0.15, -0.1) is 0 Å². The molecule has 0 saturated heterocycles. The highest BCUT2D eigenvalue weighted by Gasteiger charge is 2.13. The van der Waals surface area contributed by atoms with E-state index in [0.29, 0.717) is 0 Å². The summed E-state index contributed by atoms with van der Waals surface area (Å²) in [6.45, 7) is 2.20. The van der Waals surface area contributed by atoms with Crippen LogP contribution in [0.25, 0.3) is 69.5 Å². The molecule has 0 heteroatoms. The molecule has 0 saturated carbocycles. The van der Waals surface area contributed by atoms with Gasteiger partial charge in [0.25, 0.3) is 0 Å². The Morgan fingerprint density at radius 1 is 0.311 bits per heavy atom.